The fraction of sp³-hybridized carbons (Fsp3) is 0.250. The lowest BCUT2D eigenvalue weighted by molar-refractivity contribution is 0.576. The maximum atomic E-state index is 13.8. The van der Waals surface area contributed by atoms with E-state index in [1.54, 1.807) is 0 Å². The predicted molar refractivity (Wildman–Crippen MR) is 125 cm³/mol. The number of hydrogen-bond donors (Lipinski definition) is 0. The average molecular weight is 412 g/mol. The first kappa shape index (κ1) is 22.4. The molecular weight excluding hydrogens is 382 g/mol. The largest absolute Gasteiger partial charge is 0.324 e. The Hall–Kier alpha value is -1.88. The van der Waals surface area contributed by atoms with Crippen LogP contribution in [0.5, 0.6) is 0 Å². The van der Waals surface area contributed by atoms with E-state index < -0.39 is 14.3 Å². The van der Waals surface area contributed by atoms with Crippen LogP contribution < -0.4 is 15.9 Å². The summed E-state index contributed by atoms with van der Waals surface area (Å²) in [5.41, 5.74) is 0. The lowest BCUT2D eigenvalue weighted by Crippen LogP contribution is -2.24. The first-order valence-electron chi connectivity index (χ1n) is 9.84. The van der Waals surface area contributed by atoms with E-state index in [9.17, 15) is 9.13 Å². The van der Waals surface area contributed by atoms with Crippen LogP contribution in [0.4, 0.5) is 0 Å². The molecule has 3 rings (SSSR count). The highest BCUT2D eigenvalue weighted by atomic mass is 31.2. The molecule has 3 aromatic carbocycles. The summed E-state index contributed by atoms with van der Waals surface area (Å²) in [6.45, 7) is 6.02. The Balaban J connectivity index is 0.000000300. The van der Waals surface area contributed by atoms with Gasteiger partial charge in [-0.25, -0.2) is 0 Å². The second kappa shape index (κ2) is 10.6. The molecule has 0 spiro atoms. The summed E-state index contributed by atoms with van der Waals surface area (Å²) in [6, 6.07) is 29.1. The maximum Gasteiger partial charge on any atom is 0.171 e. The smallest absolute Gasteiger partial charge is 0.171 e. The van der Waals surface area contributed by atoms with Gasteiger partial charge in [0.2, 0.25) is 0 Å². The molecule has 148 valence electrons. The molecule has 0 saturated heterocycles. The summed E-state index contributed by atoms with van der Waals surface area (Å²) in [4.78, 5) is 0. The third-order valence-electron chi connectivity index (χ3n) is 5.09. The molecule has 0 bridgehead atoms. The lowest BCUT2D eigenvalue weighted by atomic mass is 10.4. The van der Waals surface area contributed by atoms with Gasteiger partial charge in [-0.3, -0.25) is 0 Å². The van der Waals surface area contributed by atoms with Gasteiger partial charge in [0.1, 0.15) is 0 Å². The van der Waals surface area contributed by atoms with Crippen molar-refractivity contribution >= 4 is 30.2 Å². The van der Waals surface area contributed by atoms with Crippen LogP contribution in [-0.4, -0.2) is 18.5 Å². The molecule has 0 saturated carbocycles. The molecule has 4 heteroatoms. The summed E-state index contributed by atoms with van der Waals surface area (Å²) < 4.78 is 25.1. The molecule has 0 radical (unpaired) electrons. The fourth-order valence-corrected chi connectivity index (χ4v) is 7.04. The third kappa shape index (κ3) is 5.34. The van der Waals surface area contributed by atoms with Gasteiger partial charge >= 0.3 is 0 Å². The lowest BCUT2D eigenvalue weighted by Gasteiger charge is -2.19. The molecule has 3 aromatic rings. The highest BCUT2D eigenvalue weighted by Crippen LogP contribution is 2.43. The van der Waals surface area contributed by atoms with Gasteiger partial charge in [0.05, 0.1) is 7.14 Å². The minimum atomic E-state index is -2.78. The van der Waals surface area contributed by atoms with Gasteiger partial charge in [0, 0.05) is 15.9 Å². The summed E-state index contributed by atoms with van der Waals surface area (Å²) in [7, 11) is -4.44. The zero-order valence-corrected chi connectivity index (χ0v) is 18.8. The second-order valence-corrected chi connectivity index (χ2v) is 13.4. The number of hydrogen-bond acceptors (Lipinski definition) is 2. The molecule has 28 heavy (non-hydrogen) atoms. The molecule has 0 heterocycles. The number of rotatable bonds is 6. The molecule has 0 fully saturated rings. The van der Waals surface area contributed by atoms with Gasteiger partial charge in [-0.2, -0.15) is 0 Å². The van der Waals surface area contributed by atoms with Crippen LogP contribution in [0.3, 0.4) is 0 Å². The Bertz CT molecular complexity index is 800. The van der Waals surface area contributed by atoms with Gasteiger partial charge in [-0.1, -0.05) is 112 Å². The third-order valence-corrected chi connectivity index (χ3v) is 11.6. The van der Waals surface area contributed by atoms with E-state index in [1.165, 1.54) is 0 Å². The Morgan fingerprint density at radius 1 is 0.500 bits per heavy atom. The quantitative estimate of drug-likeness (QED) is 0.484. The molecule has 0 amide bonds. The Kier molecular flexibility index (Phi) is 8.49. The average Bonchev–Trinajstić information content (AvgIpc) is 2.80. The van der Waals surface area contributed by atoms with Crippen molar-refractivity contribution < 1.29 is 9.13 Å². The van der Waals surface area contributed by atoms with Gasteiger partial charge in [-0.15, -0.1) is 0 Å². The summed E-state index contributed by atoms with van der Waals surface area (Å²) in [5, 5.41) is 2.62. The zero-order valence-electron chi connectivity index (χ0n) is 17.0. The zero-order chi connectivity index (χ0) is 20.5. The van der Waals surface area contributed by atoms with Crippen molar-refractivity contribution in [3.05, 3.63) is 91.0 Å². The molecule has 0 aliphatic heterocycles. The Morgan fingerprint density at radius 3 is 0.929 bits per heavy atom. The molecule has 0 atom stereocenters. The first-order valence-corrected chi connectivity index (χ1v) is 13.8. The maximum absolute atomic E-state index is 13.8. The minimum absolute atomic E-state index is 0.873. The Morgan fingerprint density at radius 2 is 0.750 bits per heavy atom. The standard InChI is InChI=1S/C18H15OP.C6H15OP/c19-20(16-10-4-1-5-11-16,17-12-6-2-7-13-17)18-14-8-3-9-15-18;1-4-8(7,5-2)6-3/h1-15H;4-6H2,1-3H3. The topological polar surface area (TPSA) is 34.1 Å². The van der Waals surface area contributed by atoms with Crippen LogP contribution in [0, 0.1) is 0 Å². The van der Waals surface area contributed by atoms with Gasteiger partial charge in [0.25, 0.3) is 0 Å². The van der Waals surface area contributed by atoms with Crippen molar-refractivity contribution in [3.63, 3.8) is 0 Å². The van der Waals surface area contributed by atoms with Gasteiger partial charge < -0.3 is 9.13 Å². The molecule has 0 aliphatic rings. The van der Waals surface area contributed by atoms with E-state index in [4.69, 9.17) is 0 Å². The van der Waals surface area contributed by atoms with Crippen molar-refractivity contribution in [2.45, 2.75) is 20.8 Å². The van der Waals surface area contributed by atoms with E-state index in [0.717, 1.165) is 34.4 Å². The van der Waals surface area contributed by atoms with Crippen LogP contribution in [-0.2, 0) is 9.13 Å². The fourth-order valence-electron chi connectivity index (χ4n) is 3.03. The SMILES string of the molecule is CCP(=O)(CC)CC.O=P(c1ccccc1)(c1ccccc1)c1ccccc1. The second-order valence-electron chi connectivity index (χ2n) is 6.62. The highest BCUT2D eigenvalue weighted by Gasteiger charge is 2.28. The van der Waals surface area contributed by atoms with E-state index in [2.05, 4.69) is 0 Å². The molecule has 0 aromatic heterocycles. The van der Waals surface area contributed by atoms with Crippen molar-refractivity contribution in [3.8, 4) is 0 Å². The van der Waals surface area contributed by atoms with E-state index in [-0.39, 0.29) is 0 Å². The van der Waals surface area contributed by atoms with E-state index in [0.29, 0.717) is 0 Å². The van der Waals surface area contributed by atoms with Crippen molar-refractivity contribution in [2.75, 3.05) is 18.5 Å². The molecule has 0 N–H and O–H groups in total. The van der Waals surface area contributed by atoms with E-state index >= 15 is 0 Å². The monoisotopic (exact) mass is 412 g/mol. The van der Waals surface area contributed by atoms with Crippen molar-refractivity contribution in [2.24, 2.45) is 0 Å². The normalized spacial score (nSPS) is 11.4. The summed E-state index contributed by atoms with van der Waals surface area (Å²) in [5.74, 6) is 0. The number of benzene rings is 3. The van der Waals surface area contributed by atoms with Crippen LogP contribution in [0.25, 0.3) is 0 Å². The summed E-state index contributed by atoms with van der Waals surface area (Å²) >= 11 is 0. The van der Waals surface area contributed by atoms with Gasteiger partial charge in [-0.05, 0) is 18.5 Å². The predicted octanol–water partition coefficient (Wildman–Crippen LogP) is 5.74. The van der Waals surface area contributed by atoms with Crippen LogP contribution in [0.15, 0.2) is 91.0 Å². The first-order chi connectivity index (χ1) is 13.5. The van der Waals surface area contributed by atoms with Crippen molar-refractivity contribution in [1.82, 2.24) is 0 Å². The van der Waals surface area contributed by atoms with Crippen LogP contribution in [0.2, 0.25) is 0 Å². The minimum Gasteiger partial charge on any atom is -0.324 e. The van der Waals surface area contributed by atoms with Crippen LogP contribution >= 0.6 is 14.3 Å². The molecule has 0 unspecified atom stereocenters. The van der Waals surface area contributed by atoms with E-state index in [1.807, 2.05) is 112 Å². The highest BCUT2D eigenvalue weighted by molar-refractivity contribution is 7.85. The Labute approximate surface area is 169 Å². The molecule has 0 aliphatic carbocycles. The van der Waals surface area contributed by atoms with Gasteiger partial charge in [0.15, 0.2) is 7.14 Å². The summed E-state index contributed by atoms with van der Waals surface area (Å²) in [6.07, 6.45) is 2.62. The van der Waals surface area contributed by atoms with Crippen LogP contribution in [0.1, 0.15) is 20.8 Å². The molecular formula is C24H30O2P2. The van der Waals surface area contributed by atoms with Crippen molar-refractivity contribution in [1.29, 1.82) is 0 Å². The molecule has 2 nitrogen and oxygen atoms in total.